The van der Waals surface area contributed by atoms with E-state index in [9.17, 15) is 9.59 Å². The van der Waals surface area contributed by atoms with Gasteiger partial charge in [0.2, 0.25) is 0 Å². The summed E-state index contributed by atoms with van der Waals surface area (Å²) in [5.74, 6) is 1.86. The maximum absolute atomic E-state index is 12.8. The van der Waals surface area contributed by atoms with Gasteiger partial charge in [-0.2, -0.15) is 0 Å². The van der Waals surface area contributed by atoms with Crippen LogP contribution in [0.2, 0.25) is 0 Å². The Hall–Kier alpha value is -3.71. The minimum absolute atomic E-state index is 0.194. The zero-order valence-electron chi connectivity index (χ0n) is 19.7. The van der Waals surface area contributed by atoms with Crippen LogP contribution < -0.4 is 14.2 Å². The Balaban J connectivity index is 1.28. The van der Waals surface area contributed by atoms with E-state index in [0.29, 0.717) is 29.6 Å². The lowest BCUT2D eigenvalue weighted by Gasteiger charge is -2.13. The van der Waals surface area contributed by atoms with Gasteiger partial charge in [-0.3, -0.25) is 14.5 Å². The number of amides is 2. The summed E-state index contributed by atoms with van der Waals surface area (Å²) in [7, 11) is 0. The van der Waals surface area contributed by atoms with E-state index < -0.39 is 0 Å². The second kappa shape index (κ2) is 11.6. The van der Waals surface area contributed by atoms with E-state index in [-0.39, 0.29) is 24.3 Å². The molecule has 0 spiro atoms. The number of nitrogens with zero attached hydrogens (tertiary/aromatic N) is 1. The number of carbonyl (C=O) groups is 2. The third kappa shape index (κ3) is 6.90. The molecule has 1 aliphatic heterocycles. The molecule has 3 aromatic rings. The first kappa shape index (κ1) is 24.4. The third-order valence-electron chi connectivity index (χ3n) is 5.28. The average molecular weight is 490 g/mol. The van der Waals surface area contributed by atoms with Crippen molar-refractivity contribution in [3.63, 3.8) is 0 Å². The van der Waals surface area contributed by atoms with Crippen LogP contribution in [-0.2, 0) is 4.79 Å². The molecule has 0 atom stereocenters. The highest BCUT2D eigenvalue weighted by atomic mass is 32.2. The maximum Gasteiger partial charge on any atom is 0.293 e. The van der Waals surface area contributed by atoms with Crippen LogP contribution in [0.4, 0.5) is 4.79 Å². The molecule has 35 heavy (non-hydrogen) atoms. The molecule has 1 saturated heterocycles. The lowest BCUT2D eigenvalue weighted by molar-refractivity contribution is -0.123. The molecule has 2 amide bonds. The van der Waals surface area contributed by atoms with Crippen LogP contribution in [0.5, 0.6) is 17.2 Å². The molecule has 0 radical (unpaired) electrons. The number of hydrogen-bond donors (Lipinski definition) is 0. The van der Waals surface area contributed by atoms with Crippen molar-refractivity contribution in [3.05, 3.63) is 94.4 Å². The smallest absolute Gasteiger partial charge is 0.293 e. The third-order valence-corrected chi connectivity index (χ3v) is 6.18. The van der Waals surface area contributed by atoms with Crippen molar-refractivity contribution in [2.24, 2.45) is 0 Å². The summed E-state index contributed by atoms with van der Waals surface area (Å²) in [6, 6.07) is 22.9. The van der Waals surface area contributed by atoms with Crippen LogP contribution in [0, 0.1) is 13.8 Å². The van der Waals surface area contributed by atoms with E-state index >= 15 is 0 Å². The number of benzene rings is 3. The van der Waals surface area contributed by atoms with Gasteiger partial charge < -0.3 is 14.2 Å². The van der Waals surface area contributed by atoms with Crippen molar-refractivity contribution in [3.8, 4) is 17.2 Å². The minimum Gasteiger partial charge on any atom is -0.492 e. The van der Waals surface area contributed by atoms with Crippen molar-refractivity contribution in [1.82, 2.24) is 4.90 Å². The summed E-state index contributed by atoms with van der Waals surface area (Å²) in [5.41, 5.74) is 3.10. The highest BCUT2D eigenvalue weighted by Gasteiger charge is 2.34. The molecule has 180 valence electrons. The topological polar surface area (TPSA) is 65.1 Å². The van der Waals surface area contributed by atoms with E-state index in [1.165, 1.54) is 10.5 Å². The van der Waals surface area contributed by atoms with Crippen LogP contribution in [-0.4, -0.2) is 42.4 Å². The molecule has 1 fully saturated rings. The fourth-order valence-corrected chi connectivity index (χ4v) is 4.25. The predicted molar refractivity (Wildman–Crippen MR) is 138 cm³/mol. The van der Waals surface area contributed by atoms with Crippen LogP contribution in [0.15, 0.2) is 77.7 Å². The first-order valence-electron chi connectivity index (χ1n) is 11.3. The number of ether oxygens (including phenoxy) is 3. The van der Waals surface area contributed by atoms with E-state index in [0.717, 1.165) is 28.6 Å². The van der Waals surface area contributed by atoms with Gasteiger partial charge in [-0.1, -0.05) is 47.5 Å². The molecule has 0 aliphatic carbocycles. The molecule has 4 rings (SSSR count). The standard InChI is InChI=1S/C28H27NO5S/c1-20-6-10-23(11-7-20)32-15-14-29-27(30)26(35-28(29)31)19-22-4-3-5-25(18-22)34-17-16-33-24-12-8-21(2)9-13-24/h3-13,18-19H,14-17H2,1-2H3/b26-19-. The van der Waals surface area contributed by atoms with Crippen LogP contribution in [0.3, 0.4) is 0 Å². The maximum atomic E-state index is 12.8. The van der Waals surface area contributed by atoms with Gasteiger partial charge in [0.1, 0.15) is 37.1 Å². The van der Waals surface area contributed by atoms with Gasteiger partial charge in [0.15, 0.2) is 0 Å². The van der Waals surface area contributed by atoms with Crippen molar-refractivity contribution in [2.75, 3.05) is 26.4 Å². The molecule has 0 N–H and O–H groups in total. The first-order valence-corrected chi connectivity index (χ1v) is 12.2. The molecule has 6 nitrogen and oxygen atoms in total. The van der Waals surface area contributed by atoms with Crippen LogP contribution >= 0.6 is 11.8 Å². The first-order chi connectivity index (χ1) is 17.0. The van der Waals surface area contributed by atoms with Gasteiger partial charge >= 0.3 is 0 Å². The highest BCUT2D eigenvalue weighted by Crippen LogP contribution is 2.32. The summed E-state index contributed by atoms with van der Waals surface area (Å²) in [6.07, 6.45) is 1.71. The number of imide groups is 1. The Bertz CT molecular complexity index is 1200. The second-order valence-electron chi connectivity index (χ2n) is 8.08. The minimum atomic E-state index is -0.315. The second-order valence-corrected chi connectivity index (χ2v) is 9.07. The van der Waals surface area contributed by atoms with Crippen molar-refractivity contribution in [1.29, 1.82) is 0 Å². The predicted octanol–water partition coefficient (Wildman–Crippen LogP) is 5.88. The average Bonchev–Trinajstić information content (AvgIpc) is 3.12. The van der Waals surface area contributed by atoms with Crippen LogP contribution in [0.25, 0.3) is 6.08 Å². The molecule has 0 saturated carbocycles. The zero-order chi connectivity index (χ0) is 24.6. The number of aryl methyl sites for hydroxylation is 2. The van der Waals surface area contributed by atoms with E-state index in [1.54, 1.807) is 6.08 Å². The summed E-state index contributed by atoms with van der Waals surface area (Å²) < 4.78 is 17.1. The van der Waals surface area contributed by atoms with Crippen molar-refractivity contribution in [2.45, 2.75) is 13.8 Å². The monoisotopic (exact) mass is 489 g/mol. The van der Waals surface area contributed by atoms with Crippen molar-refractivity contribution >= 4 is 29.0 Å². The number of thioether (sulfide) groups is 1. The molecular formula is C28H27NO5S. The Labute approximate surface area is 209 Å². The Kier molecular flexibility index (Phi) is 8.11. The Morgan fingerprint density at radius 3 is 1.94 bits per heavy atom. The number of hydrogen-bond acceptors (Lipinski definition) is 6. The summed E-state index contributed by atoms with van der Waals surface area (Å²) in [6.45, 7) is 5.26. The number of carbonyl (C=O) groups excluding carboxylic acids is 2. The van der Waals surface area contributed by atoms with Gasteiger partial charge in [0.05, 0.1) is 11.4 Å². The normalized spacial score (nSPS) is 14.5. The van der Waals surface area contributed by atoms with Crippen molar-refractivity contribution < 1.29 is 23.8 Å². The zero-order valence-corrected chi connectivity index (χ0v) is 20.5. The Morgan fingerprint density at radius 1 is 0.743 bits per heavy atom. The number of rotatable bonds is 10. The molecule has 3 aromatic carbocycles. The van der Waals surface area contributed by atoms with Gasteiger partial charge in [-0.15, -0.1) is 0 Å². The quantitative estimate of drug-likeness (QED) is 0.262. The lowest BCUT2D eigenvalue weighted by atomic mass is 10.2. The summed E-state index contributed by atoms with van der Waals surface area (Å²) in [5, 5.41) is -0.297. The fraction of sp³-hybridized carbons (Fsp3) is 0.214. The molecular weight excluding hydrogens is 462 g/mol. The molecule has 7 heteroatoms. The largest absolute Gasteiger partial charge is 0.492 e. The summed E-state index contributed by atoms with van der Waals surface area (Å²) in [4.78, 5) is 26.7. The fourth-order valence-electron chi connectivity index (χ4n) is 3.38. The summed E-state index contributed by atoms with van der Waals surface area (Å²) >= 11 is 0.933. The van der Waals surface area contributed by atoms with Gasteiger partial charge in [0, 0.05) is 0 Å². The molecule has 0 bridgehead atoms. The molecule has 1 heterocycles. The highest BCUT2D eigenvalue weighted by molar-refractivity contribution is 8.18. The van der Waals surface area contributed by atoms with Gasteiger partial charge in [-0.05, 0) is 73.6 Å². The molecule has 0 aromatic heterocycles. The molecule has 0 unspecified atom stereocenters. The van der Waals surface area contributed by atoms with E-state index in [4.69, 9.17) is 14.2 Å². The molecule has 1 aliphatic rings. The SMILES string of the molecule is Cc1ccc(OCCOc2cccc(/C=C3\SC(=O)N(CCOc4ccc(C)cc4)C3=O)c2)cc1. The van der Waals surface area contributed by atoms with Crippen LogP contribution in [0.1, 0.15) is 16.7 Å². The Morgan fingerprint density at radius 2 is 1.31 bits per heavy atom. The van der Waals surface area contributed by atoms with E-state index in [2.05, 4.69) is 0 Å². The van der Waals surface area contributed by atoms with E-state index in [1.807, 2.05) is 86.6 Å². The van der Waals surface area contributed by atoms with Gasteiger partial charge in [0.25, 0.3) is 11.1 Å². The lowest BCUT2D eigenvalue weighted by Crippen LogP contribution is -2.32. The van der Waals surface area contributed by atoms with Gasteiger partial charge in [-0.25, -0.2) is 0 Å².